The standard InChI is InChI=1S/C20H27N5O2/c1-14-6-4-7-15(18(14)27-3)20(26)24-11-9-17-21-22-19(25(17)13-12-24)16-8-5-10-23(16)2/h4,6-7,16H,5,8-13H2,1-3H3. The minimum Gasteiger partial charge on any atom is -0.496 e. The summed E-state index contributed by atoms with van der Waals surface area (Å²) in [5, 5.41) is 8.92. The molecule has 0 bridgehead atoms. The highest BCUT2D eigenvalue weighted by Crippen LogP contribution is 2.30. The van der Waals surface area contributed by atoms with Crippen LogP contribution in [0.25, 0.3) is 0 Å². The number of methoxy groups -OCH3 is 1. The van der Waals surface area contributed by atoms with Gasteiger partial charge in [0.1, 0.15) is 17.4 Å². The van der Waals surface area contributed by atoms with Crippen molar-refractivity contribution in [3.63, 3.8) is 0 Å². The van der Waals surface area contributed by atoms with Gasteiger partial charge in [0.2, 0.25) is 0 Å². The normalized spacial score (nSPS) is 20.4. The van der Waals surface area contributed by atoms with Gasteiger partial charge in [-0.1, -0.05) is 12.1 Å². The molecule has 1 atom stereocenters. The first kappa shape index (κ1) is 18.0. The minimum atomic E-state index is 0.0220. The van der Waals surface area contributed by atoms with E-state index in [9.17, 15) is 4.79 Å². The number of rotatable bonds is 3. The van der Waals surface area contributed by atoms with Crippen LogP contribution < -0.4 is 4.74 Å². The Kier molecular flexibility index (Phi) is 4.86. The lowest BCUT2D eigenvalue weighted by Gasteiger charge is -2.23. The largest absolute Gasteiger partial charge is 0.496 e. The maximum atomic E-state index is 13.1. The van der Waals surface area contributed by atoms with Crippen LogP contribution in [0.15, 0.2) is 18.2 Å². The zero-order chi connectivity index (χ0) is 19.0. The Bertz CT molecular complexity index is 847. The quantitative estimate of drug-likeness (QED) is 0.829. The molecule has 7 nitrogen and oxygen atoms in total. The number of likely N-dealkylation sites (tertiary alicyclic amines) is 1. The lowest BCUT2D eigenvalue weighted by Crippen LogP contribution is -2.34. The van der Waals surface area contributed by atoms with Gasteiger partial charge in [0.15, 0.2) is 0 Å². The topological polar surface area (TPSA) is 63.5 Å². The van der Waals surface area contributed by atoms with Crippen molar-refractivity contribution >= 4 is 5.91 Å². The molecule has 4 rings (SSSR count). The Hall–Kier alpha value is -2.41. The minimum absolute atomic E-state index is 0.0220. The molecule has 27 heavy (non-hydrogen) atoms. The summed E-state index contributed by atoms with van der Waals surface area (Å²) in [6.45, 7) is 5.11. The third-order valence-corrected chi connectivity index (χ3v) is 5.81. The van der Waals surface area contributed by atoms with E-state index in [1.165, 1.54) is 6.42 Å². The lowest BCUT2D eigenvalue weighted by molar-refractivity contribution is 0.0755. The molecule has 1 fully saturated rings. The van der Waals surface area contributed by atoms with Gasteiger partial charge in [0.05, 0.1) is 18.7 Å². The van der Waals surface area contributed by atoms with Crippen LogP contribution in [0, 0.1) is 6.92 Å². The molecule has 2 aromatic rings. The van der Waals surface area contributed by atoms with E-state index >= 15 is 0 Å². The summed E-state index contributed by atoms with van der Waals surface area (Å²) < 4.78 is 7.71. The van der Waals surface area contributed by atoms with Crippen molar-refractivity contribution in [2.24, 2.45) is 0 Å². The summed E-state index contributed by atoms with van der Waals surface area (Å²) in [4.78, 5) is 17.4. The smallest absolute Gasteiger partial charge is 0.257 e. The molecule has 1 unspecified atom stereocenters. The number of benzene rings is 1. The zero-order valence-electron chi connectivity index (χ0n) is 16.3. The second kappa shape index (κ2) is 7.31. The molecule has 1 saturated heterocycles. The van der Waals surface area contributed by atoms with Crippen molar-refractivity contribution in [2.45, 2.75) is 38.8 Å². The molecular weight excluding hydrogens is 342 g/mol. The van der Waals surface area contributed by atoms with Crippen LogP contribution in [-0.4, -0.2) is 64.3 Å². The fourth-order valence-corrected chi connectivity index (χ4v) is 4.29. The van der Waals surface area contributed by atoms with Gasteiger partial charge in [0, 0.05) is 26.1 Å². The van der Waals surface area contributed by atoms with E-state index in [1.54, 1.807) is 7.11 Å². The van der Waals surface area contributed by atoms with E-state index < -0.39 is 0 Å². The molecule has 0 spiro atoms. The first-order valence-corrected chi connectivity index (χ1v) is 9.65. The molecule has 1 aromatic carbocycles. The summed E-state index contributed by atoms with van der Waals surface area (Å²) in [5.41, 5.74) is 1.60. The summed E-state index contributed by atoms with van der Waals surface area (Å²) >= 11 is 0. The summed E-state index contributed by atoms with van der Waals surface area (Å²) in [7, 11) is 3.77. The van der Waals surface area contributed by atoms with Crippen LogP contribution in [0.2, 0.25) is 0 Å². The number of fused-ring (bicyclic) bond motifs is 1. The summed E-state index contributed by atoms with van der Waals surface area (Å²) in [5.74, 6) is 2.72. The van der Waals surface area contributed by atoms with Crippen molar-refractivity contribution in [1.82, 2.24) is 24.6 Å². The van der Waals surface area contributed by atoms with Crippen molar-refractivity contribution in [2.75, 3.05) is 33.8 Å². The third kappa shape index (κ3) is 3.20. The number of hydrogen-bond acceptors (Lipinski definition) is 5. The van der Waals surface area contributed by atoms with Gasteiger partial charge in [0.25, 0.3) is 5.91 Å². The predicted molar refractivity (Wildman–Crippen MR) is 102 cm³/mol. The number of carbonyl (C=O) groups excluding carboxylic acids is 1. The molecule has 3 heterocycles. The van der Waals surface area contributed by atoms with E-state index in [0.29, 0.717) is 30.4 Å². The number of aromatic nitrogens is 3. The molecule has 2 aliphatic rings. The third-order valence-electron chi connectivity index (χ3n) is 5.81. The van der Waals surface area contributed by atoms with Crippen LogP contribution in [0.3, 0.4) is 0 Å². The molecule has 0 aliphatic carbocycles. The van der Waals surface area contributed by atoms with E-state index in [2.05, 4.69) is 26.7 Å². The number of amides is 1. The molecule has 144 valence electrons. The number of carbonyl (C=O) groups is 1. The van der Waals surface area contributed by atoms with Crippen LogP contribution in [0.5, 0.6) is 5.75 Å². The monoisotopic (exact) mass is 369 g/mol. The van der Waals surface area contributed by atoms with E-state index in [4.69, 9.17) is 4.74 Å². The Labute approximate surface area is 159 Å². The van der Waals surface area contributed by atoms with Crippen LogP contribution in [0.4, 0.5) is 0 Å². The molecule has 0 saturated carbocycles. The highest BCUT2D eigenvalue weighted by molar-refractivity contribution is 5.97. The molecule has 0 N–H and O–H groups in total. The summed E-state index contributed by atoms with van der Waals surface area (Å²) in [6, 6.07) is 6.05. The second-order valence-electron chi connectivity index (χ2n) is 7.46. The maximum Gasteiger partial charge on any atom is 0.257 e. The van der Waals surface area contributed by atoms with Gasteiger partial charge in [-0.3, -0.25) is 9.69 Å². The van der Waals surface area contributed by atoms with Gasteiger partial charge in [-0.25, -0.2) is 0 Å². The number of para-hydroxylation sites is 1. The Morgan fingerprint density at radius 3 is 2.78 bits per heavy atom. The number of hydrogen-bond donors (Lipinski definition) is 0. The maximum absolute atomic E-state index is 13.1. The number of aryl methyl sites for hydroxylation is 1. The molecule has 0 radical (unpaired) electrons. The van der Waals surface area contributed by atoms with Crippen molar-refractivity contribution in [1.29, 1.82) is 0 Å². The van der Waals surface area contributed by atoms with Gasteiger partial charge >= 0.3 is 0 Å². The average Bonchev–Trinajstić information content (AvgIpc) is 3.20. The first-order valence-electron chi connectivity index (χ1n) is 9.65. The Balaban J connectivity index is 1.55. The second-order valence-corrected chi connectivity index (χ2v) is 7.46. The highest BCUT2D eigenvalue weighted by Gasteiger charge is 2.30. The van der Waals surface area contributed by atoms with Crippen LogP contribution >= 0.6 is 0 Å². The molecular formula is C20H27N5O2. The van der Waals surface area contributed by atoms with E-state index in [0.717, 1.165) is 43.1 Å². The van der Waals surface area contributed by atoms with E-state index in [1.807, 2.05) is 30.0 Å². The predicted octanol–water partition coefficient (Wildman–Crippen LogP) is 2.06. The SMILES string of the molecule is COc1c(C)cccc1C(=O)N1CCc2nnc(C3CCCN3C)n2CC1. The Morgan fingerprint density at radius 1 is 1.19 bits per heavy atom. The Morgan fingerprint density at radius 2 is 2.04 bits per heavy atom. The van der Waals surface area contributed by atoms with Gasteiger partial charge in [-0.15, -0.1) is 10.2 Å². The zero-order valence-corrected chi connectivity index (χ0v) is 16.3. The molecule has 2 aliphatic heterocycles. The molecule has 7 heteroatoms. The van der Waals surface area contributed by atoms with Crippen molar-refractivity contribution < 1.29 is 9.53 Å². The van der Waals surface area contributed by atoms with Crippen molar-refractivity contribution in [3.05, 3.63) is 41.0 Å². The van der Waals surface area contributed by atoms with Crippen molar-refractivity contribution in [3.8, 4) is 5.75 Å². The fourth-order valence-electron chi connectivity index (χ4n) is 4.29. The average molecular weight is 369 g/mol. The van der Waals surface area contributed by atoms with Gasteiger partial charge < -0.3 is 14.2 Å². The summed E-state index contributed by atoms with van der Waals surface area (Å²) in [6.07, 6.45) is 3.04. The first-order chi connectivity index (χ1) is 13.1. The van der Waals surface area contributed by atoms with Crippen LogP contribution in [0.1, 0.15) is 46.5 Å². The highest BCUT2D eigenvalue weighted by atomic mass is 16.5. The van der Waals surface area contributed by atoms with Gasteiger partial charge in [-0.2, -0.15) is 0 Å². The molecule has 1 amide bonds. The fraction of sp³-hybridized carbons (Fsp3) is 0.550. The van der Waals surface area contributed by atoms with E-state index in [-0.39, 0.29) is 5.91 Å². The molecule has 1 aromatic heterocycles. The van der Waals surface area contributed by atoms with Crippen LogP contribution in [-0.2, 0) is 13.0 Å². The number of ether oxygens (including phenoxy) is 1. The van der Waals surface area contributed by atoms with Gasteiger partial charge in [-0.05, 0) is 45.0 Å². The number of nitrogens with zero attached hydrogens (tertiary/aromatic N) is 5. The lowest BCUT2D eigenvalue weighted by atomic mass is 10.1.